The van der Waals surface area contributed by atoms with E-state index in [1.54, 1.807) is 0 Å². The fourth-order valence-electron chi connectivity index (χ4n) is 2.00. The smallest absolute Gasteiger partial charge is 0.249 e. The van der Waals surface area contributed by atoms with E-state index in [0.29, 0.717) is 23.1 Å². The van der Waals surface area contributed by atoms with Gasteiger partial charge in [0.15, 0.2) is 0 Å². The lowest BCUT2D eigenvalue weighted by Crippen LogP contribution is -2.15. The summed E-state index contributed by atoms with van der Waals surface area (Å²) in [6.07, 6.45) is 0. The molecule has 110 valence electrons. The van der Waals surface area contributed by atoms with Crippen molar-refractivity contribution in [3.63, 3.8) is 0 Å². The summed E-state index contributed by atoms with van der Waals surface area (Å²) in [6, 6.07) is 7.90. The van der Waals surface area contributed by atoms with Crippen molar-refractivity contribution in [1.82, 2.24) is 10.2 Å². The molecule has 0 aliphatic carbocycles. The van der Waals surface area contributed by atoms with Gasteiger partial charge in [-0.15, -0.1) is 5.10 Å². The molecule has 0 aliphatic heterocycles. The SMILES string of the molecule is Cc1nnc(Oc2cccc(C(C)C)c2)c(C(N)=S)c1C. The molecule has 5 heteroatoms. The maximum Gasteiger partial charge on any atom is 0.249 e. The summed E-state index contributed by atoms with van der Waals surface area (Å²) in [4.78, 5) is 0.264. The van der Waals surface area contributed by atoms with Gasteiger partial charge in [-0.2, -0.15) is 5.10 Å². The molecule has 0 amide bonds. The normalized spacial score (nSPS) is 10.7. The first kappa shape index (κ1) is 15.4. The molecule has 2 rings (SSSR count). The van der Waals surface area contributed by atoms with Crippen LogP contribution >= 0.6 is 12.2 Å². The summed E-state index contributed by atoms with van der Waals surface area (Å²) in [5.74, 6) is 1.48. The van der Waals surface area contributed by atoms with Crippen LogP contribution in [0.3, 0.4) is 0 Å². The van der Waals surface area contributed by atoms with Gasteiger partial charge in [0.05, 0.1) is 11.3 Å². The molecule has 21 heavy (non-hydrogen) atoms. The first-order valence-corrected chi connectivity index (χ1v) is 7.22. The third kappa shape index (κ3) is 3.36. The highest BCUT2D eigenvalue weighted by atomic mass is 32.1. The average molecular weight is 301 g/mol. The number of nitrogens with zero attached hydrogens (tertiary/aromatic N) is 2. The molecule has 4 nitrogen and oxygen atoms in total. The number of aryl methyl sites for hydroxylation is 1. The minimum absolute atomic E-state index is 0.264. The van der Waals surface area contributed by atoms with Crippen LogP contribution in [0.5, 0.6) is 11.6 Å². The zero-order valence-corrected chi connectivity index (χ0v) is 13.5. The summed E-state index contributed by atoms with van der Waals surface area (Å²) in [5, 5.41) is 8.18. The van der Waals surface area contributed by atoms with Gasteiger partial charge in [-0.3, -0.25) is 0 Å². The number of thiocarbonyl (C=S) groups is 1. The fraction of sp³-hybridized carbons (Fsp3) is 0.312. The van der Waals surface area contributed by atoms with Crippen molar-refractivity contribution >= 4 is 17.2 Å². The lowest BCUT2D eigenvalue weighted by atomic mass is 10.0. The van der Waals surface area contributed by atoms with E-state index in [9.17, 15) is 0 Å². The van der Waals surface area contributed by atoms with Crippen LogP contribution in [0.1, 0.15) is 42.1 Å². The van der Waals surface area contributed by atoms with E-state index >= 15 is 0 Å². The Labute approximate surface area is 130 Å². The van der Waals surface area contributed by atoms with E-state index in [0.717, 1.165) is 11.3 Å². The molecule has 0 bridgehead atoms. The summed E-state index contributed by atoms with van der Waals surface area (Å²) >= 11 is 5.11. The molecule has 0 spiro atoms. The van der Waals surface area contributed by atoms with Gasteiger partial charge in [-0.25, -0.2) is 0 Å². The van der Waals surface area contributed by atoms with Gasteiger partial charge >= 0.3 is 0 Å². The molecular formula is C16H19N3OS. The van der Waals surface area contributed by atoms with Crippen LogP contribution in [0.4, 0.5) is 0 Å². The molecule has 1 heterocycles. The number of hydrogen-bond donors (Lipinski definition) is 1. The molecule has 0 atom stereocenters. The first-order valence-electron chi connectivity index (χ1n) is 6.81. The number of nitrogens with two attached hydrogens (primary N) is 1. The molecule has 0 saturated heterocycles. The maximum absolute atomic E-state index is 5.86. The number of aromatic nitrogens is 2. The minimum atomic E-state index is 0.264. The third-order valence-corrected chi connectivity index (χ3v) is 3.61. The van der Waals surface area contributed by atoms with Crippen LogP contribution in [0.2, 0.25) is 0 Å². The standard InChI is InChI=1S/C16H19N3OS/c1-9(2)12-6-5-7-13(8-12)20-16-14(15(17)21)10(3)11(4)18-19-16/h5-9H,1-4H3,(H2,17,21). The molecule has 0 radical (unpaired) electrons. The summed E-state index contributed by atoms with van der Waals surface area (Å²) < 4.78 is 5.86. The second kappa shape index (κ2) is 6.18. The van der Waals surface area contributed by atoms with Gasteiger partial charge in [0.25, 0.3) is 0 Å². The zero-order chi connectivity index (χ0) is 15.6. The van der Waals surface area contributed by atoms with Gasteiger partial charge in [-0.1, -0.05) is 38.2 Å². The lowest BCUT2D eigenvalue weighted by molar-refractivity contribution is 0.451. The highest BCUT2D eigenvalue weighted by molar-refractivity contribution is 7.80. The van der Waals surface area contributed by atoms with Crippen LogP contribution < -0.4 is 10.5 Å². The number of hydrogen-bond acceptors (Lipinski definition) is 4. The fourth-order valence-corrected chi connectivity index (χ4v) is 2.24. The van der Waals surface area contributed by atoms with Crippen LogP contribution in [0.25, 0.3) is 0 Å². The van der Waals surface area contributed by atoms with Crippen molar-refractivity contribution < 1.29 is 4.74 Å². The van der Waals surface area contributed by atoms with Crippen molar-refractivity contribution in [3.05, 3.63) is 46.6 Å². The maximum atomic E-state index is 5.86. The van der Waals surface area contributed by atoms with Crippen molar-refractivity contribution in [2.45, 2.75) is 33.6 Å². The van der Waals surface area contributed by atoms with E-state index in [-0.39, 0.29) is 4.99 Å². The lowest BCUT2D eigenvalue weighted by Gasteiger charge is -2.13. The van der Waals surface area contributed by atoms with Gasteiger partial charge < -0.3 is 10.5 Å². The van der Waals surface area contributed by atoms with E-state index in [1.165, 1.54) is 5.56 Å². The predicted molar refractivity (Wildman–Crippen MR) is 88.0 cm³/mol. The Morgan fingerprint density at radius 3 is 2.57 bits per heavy atom. The second-order valence-electron chi connectivity index (χ2n) is 5.28. The van der Waals surface area contributed by atoms with Gasteiger partial charge in [0.2, 0.25) is 5.88 Å². The molecule has 1 aromatic heterocycles. The van der Waals surface area contributed by atoms with E-state index in [2.05, 4.69) is 30.1 Å². The second-order valence-corrected chi connectivity index (χ2v) is 5.72. The third-order valence-electron chi connectivity index (χ3n) is 3.41. The van der Waals surface area contributed by atoms with E-state index < -0.39 is 0 Å². The molecule has 0 aliphatic rings. The predicted octanol–water partition coefficient (Wildman–Crippen LogP) is 3.64. The molecular weight excluding hydrogens is 282 g/mol. The van der Waals surface area contributed by atoms with Crippen molar-refractivity contribution in [3.8, 4) is 11.6 Å². The monoisotopic (exact) mass is 301 g/mol. The molecule has 2 aromatic rings. The van der Waals surface area contributed by atoms with Gasteiger partial charge in [0, 0.05) is 0 Å². The highest BCUT2D eigenvalue weighted by Gasteiger charge is 2.16. The summed E-state index contributed by atoms with van der Waals surface area (Å²) in [7, 11) is 0. The number of rotatable bonds is 4. The Morgan fingerprint density at radius 2 is 1.95 bits per heavy atom. The Hall–Kier alpha value is -2.01. The average Bonchev–Trinajstić information content (AvgIpc) is 2.43. The highest BCUT2D eigenvalue weighted by Crippen LogP contribution is 2.28. The quantitative estimate of drug-likeness (QED) is 0.874. The van der Waals surface area contributed by atoms with Crippen molar-refractivity contribution in [1.29, 1.82) is 0 Å². The van der Waals surface area contributed by atoms with Crippen molar-refractivity contribution in [2.75, 3.05) is 0 Å². The van der Waals surface area contributed by atoms with Crippen LogP contribution in [0, 0.1) is 13.8 Å². The summed E-state index contributed by atoms with van der Waals surface area (Å²) in [5.41, 5.74) is 9.33. The van der Waals surface area contributed by atoms with Crippen molar-refractivity contribution in [2.24, 2.45) is 5.73 Å². The van der Waals surface area contributed by atoms with Gasteiger partial charge in [-0.05, 0) is 43.0 Å². The molecule has 0 saturated carbocycles. The van der Waals surface area contributed by atoms with Crippen LogP contribution in [0.15, 0.2) is 24.3 Å². The molecule has 1 aromatic carbocycles. The Kier molecular flexibility index (Phi) is 4.53. The number of benzene rings is 1. The molecule has 2 N–H and O–H groups in total. The Balaban J connectivity index is 2.42. The van der Waals surface area contributed by atoms with E-state index in [1.807, 2.05) is 32.0 Å². The molecule has 0 fully saturated rings. The number of ether oxygens (including phenoxy) is 1. The minimum Gasteiger partial charge on any atom is -0.437 e. The first-order chi connectivity index (χ1) is 9.90. The van der Waals surface area contributed by atoms with E-state index in [4.69, 9.17) is 22.7 Å². The van der Waals surface area contributed by atoms with Gasteiger partial charge in [0.1, 0.15) is 10.7 Å². The largest absolute Gasteiger partial charge is 0.437 e. The Bertz CT molecular complexity index is 683. The summed E-state index contributed by atoms with van der Waals surface area (Å²) in [6.45, 7) is 8.05. The van der Waals surface area contributed by atoms with Crippen LogP contribution in [-0.4, -0.2) is 15.2 Å². The van der Waals surface area contributed by atoms with Crippen LogP contribution in [-0.2, 0) is 0 Å². The molecule has 0 unspecified atom stereocenters. The topological polar surface area (TPSA) is 61.0 Å². The zero-order valence-electron chi connectivity index (χ0n) is 12.7. The Morgan fingerprint density at radius 1 is 1.24 bits per heavy atom.